The fourth-order valence-electron chi connectivity index (χ4n) is 1.44. The Bertz CT molecular complexity index is 479. The summed E-state index contributed by atoms with van der Waals surface area (Å²) < 4.78 is 5.50. The first-order valence-electron chi connectivity index (χ1n) is 5.80. The van der Waals surface area contributed by atoms with E-state index in [0.717, 1.165) is 0 Å². The molecule has 1 N–H and O–H groups in total. The zero-order chi connectivity index (χ0) is 14.4. The van der Waals surface area contributed by atoms with Crippen LogP contribution in [0.2, 0.25) is 0 Å². The minimum Gasteiger partial charge on any atom is -0.466 e. The molecular formula is C12H15BrN2O4. The number of anilines is 1. The Balaban J connectivity index is 2.72. The van der Waals surface area contributed by atoms with Gasteiger partial charge in [0.1, 0.15) is 5.69 Å². The van der Waals surface area contributed by atoms with Gasteiger partial charge in [0.15, 0.2) is 0 Å². The van der Waals surface area contributed by atoms with Crippen molar-refractivity contribution in [2.24, 2.45) is 5.92 Å². The molecule has 19 heavy (non-hydrogen) atoms. The van der Waals surface area contributed by atoms with E-state index in [1.165, 1.54) is 6.07 Å². The number of benzene rings is 1. The summed E-state index contributed by atoms with van der Waals surface area (Å²) in [6.45, 7) is 4.04. The van der Waals surface area contributed by atoms with Crippen LogP contribution in [-0.2, 0) is 9.53 Å². The second kappa shape index (κ2) is 7.08. The summed E-state index contributed by atoms with van der Waals surface area (Å²) in [5.74, 6) is -0.696. The fraction of sp³-hybridized carbons (Fsp3) is 0.417. The number of nitrogens with zero attached hydrogens (tertiary/aromatic N) is 1. The van der Waals surface area contributed by atoms with Gasteiger partial charge in [0, 0.05) is 17.1 Å². The van der Waals surface area contributed by atoms with Gasteiger partial charge in [0.25, 0.3) is 5.69 Å². The first-order valence-corrected chi connectivity index (χ1v) is 6.59. The standard InChI is InChI=1S/C12H15BrN2O4/c1-3-19-12(16)8(2)7-14-10-5-4-9(13)6-11(10)15(17)18/h4-6,8,14H,3,7H2,1-2H3/t8-/m0/s1. The van der Waals surface area contributed by atoms with E-state index in [-0.39, 0.29) is 24.1 Å². The molecule has 0 spiro atoms. The molecule has 7 heteroatoms. The van der Waals surface area contributed by atoms with Gasteiger partial charge >= 0.3 is 5.97 Å². The van der Waals surface area contributed by atoms with E-state index in [2.05, 4.69) is 21.2 Å². The van der Waals surface area contributed by atoms with Crippen LogP contribution in [0.15, 0.2) is 22.7 Å². The lowest BCUT2D eigenvalue weighted by atomic mass is 10.1. The van der Waals surface area contributed by atoms with Crippen LogP contribution in [0.3, 0.4) is 0 Å². The Morgan fingerprint density at radius 1 is 1.58 bits per heavy atom. The molecule has 6 nitrogen and oxygen atoms in total. The zero-order valence-electron chi connectivity index (χ0n) is 10.7. The molecule has 0 aliphatic carbocycles. The average Bonchev–Trinajstić information content (AvgIpc) is 2.36. The van der Waals surface area contributed by atoms with Crippen molar-refractivity contribution in [3.63, 3.8) is 0 Å². The molecule has 0 aliphatic rings. The van der Waals surface area contributed by atoms with Crippen molar-refractivity contribution in [1.29, 1.82) is 0 Å². The molecule has 0 saturated heterocycles. The maximum Gasteiger partial charge on any atom is 0.310 e. The van der Waals surface area contributed by atoms with Gasteiger partial charge < -0.3 is 10.1 Å². The largest absolute Gasteiger partial charge is 0.466 e. The highest BCUT2D eigenvalue weighted by atomic mass is 79.9. The first kappa shape index (κ1) is 15.4. The summed E-state index contributed by atoms with van der Waals surface area (Å²) >= 11 is 3.18. The number of carbonyl (C=O) groups excluding carboxylic acids is 1. The molecule has 1 aromatic rings. The zero-order valence-corrected chi connectivity index (χ0v) is 12.3. The molecule has 0 saturated carbocycles. The summed E-state index contributed by atoms with van der Waals surface area (Å²) in [5.41, 5.74) is 0.342. The van der Waals surface area contributed by atoms with Gasteiger partial charge in [0.2, 0.25) is 0 Å². The SMILES string of the molecule is CCOC(=O)[C@@H](C)CNc1ccc(Br)cc1[N+](=O)[O-]. The second-order valence-electron chi connectivity index (χ2n) is 3.95. The molecule has 0 fully saturated rings. The smallest absolute Gasteiger partial charge is 0.310 e. The third kappa shape index (κ3) is 4.51. The van der Waals surface area contributed by atoms with Gasteiger partial charge in [0.05, 0.1) is 17.4 Å². The molecule has 104 valence electrons. The summed E-state index contributed by atoms with van der Waals surface area (Å²) in [5, 5.41) is 13.8. The summed E-state index contributed by atoms with van der Waals surface area (Å²) in [4.78, 5) is 21.9. The van der Waals surface area contributed by atoms with Crippen LogP contribution in [0, 0.1) is 16.0 Å². The average molecular weight is 331 g/mol. The predicted octanol–water partition coefficient (Wildman–Crippen LogP) is 2.97. The lowest BCUT2D eigenvalue weighted by molar-refractivity contribution is -0.384. The van der Waals surface area contributed by atoms with E-state index in [1.807, 2.05) is 0 Å². The van der Waals surface area contributed by atoms with E-state index in [4.69, 9.17) is 4.74 Å². The molecular weight excluding hydrogens is 316 g/mol. The van der Waals surface area contributed by atoms with E-state index >= 15 is 0 Å². The van der Waals surface area contributed by atoms with Gasteiger partial charge in [-0.3, -0.25) is 14.9 Å². The van der Waals surface area contributed by atoms with E-state index in [0.29, 0.717) is 16.8 Å². The van der Waals surface area contributed by atoms with E-state index < -0.39 is 4.92 Å². The molecule has 1 rings (SSSR count). The predicted molar refractivity (Wildman–Crippen MR) is 75.1 cm³/mol. The highest BCUT2D eigenvalue weighted by molar-refractivity contribution is 9.10. The van der Waals surface area contributed by atoms with Crippen LogP contribution < -0.4 is 5.32 Å². The quantitative estimate of drug-likeness (QED) is 0.492. The van der Waals surface area contributed by atoms with Gasteiger partial charge in [-0.25, -0.2) is 0 Å². The van der Waals surface area contributed by atoms with Crippen LogP contribution in [0.1, 0.15) is 13.8 Å². The van der Waals surface area contributed by atoms with Crippen LogP contribution >= 0.6 is 15.9 Å². The number of carbonyl (C=O) groups is 1. The van der Waals surface area contributed by atoms with Crippen LogP contribution in [0.5, 0.6) is 0 Å². The molecule has 0 bridgehead atoms. The van der Waals surface area contributed by atoms with Gasteiger partial charge in [-0.05, 0) is 19.1 Å². The van der Waals surface area contributed by atoms with Crippen molar-refractivity contribution in [2.75, 3.05) is 18.5 Å². The van der Waals surface area contributed by atoms with Crippen LogP contribution in [0.4, 0.5) is 11.4 Å². The number of nitro benzene ring substituents is 1. The Labute approximate surface area is 119 Å². The number of ether oxygens (including phenoxy) is 1. The number of esters is 1. The van der Waals surface area contributed by atoms with Crippen molar-refractivity contribution < 1.29 is 14.5 Å². The lowest BCUT2D eigenvalue weighted by Gasteiger charge is -2.12. The molecule has 0 amide bonds. The number of nitro groups is 1. The monoisotopic (exact) mass is 330 g/mol. The molecule has 0 heterocycles. The number of halogens is 1. The van der Waals surface area contributed by atoms with Crippen LogP contribution in [-0.4, -0.2) is 24.0 Å². The molecule has 0 aliphatic heterocycles. The Morgan fingerprint density at radius 2 is 2.26 bits per heavy atom. The number of hydrogen-bond acceptors (Lipinski definition) is 5. The number of rotatable bonds is 6. The molecule has 0 radical (unpaired) electrons. The minimum absolute atomic E-state index is 0.0366. The van der Waals surface area contributed by atoms with Crippen molar-refractivity contribution in [3.05, 3.63) is 32.8 Å². The van der Waals surface area contributed by atoms with E-state index in [9.17, 15) is 14.9 Å². The third-order valence-electron chi connectivity index (χ3n) is 2.44. The minimum atomic E-state index is -0.470. The summed E-state index contributed by atoms with van der Waals surface area (Å²) in [7, 11) is 0. The fourth-order valence-corrected chi connectivity index (χ4v) is 1.79. The lowest BCUT2D eigenvalue weighted by Crippen LogP contribution is -2.22. The highest BCUT2D eigenvalue weighted by Gasteiger charge is 2.17. The third-order valence-corrected chi connectivity index (χ3v) is 2.94. The molecule has 1 aromatic carbocycles. The topological polar surface area (TPSA) is 81.5 Å². The summed E-state index contributed by atoms with van der Waals surface area (Å²) in [6, 6.07) is 4.71. The highest BCUT2D eigenvalue weighted by Crippen LogP contribution is 2.28. The van der Waals surface area contributed by atoms with Gasteiger partial charge in [-0.15, -0.1) is 0 Å². The summed E-state index contributed by atoms with van der Waals surface area (Å²) in [6.07, 6.45) is 0. The van der Waals surface area contributed by atoms with Gasteiger partial charge in [-0.2, -0.15) is 0 Å². The van der Waals surface area contributed by atoms with Crippen molar-refractivity contribution in [3.8, 4) is 0 Å². The van der Waals surface area contributed by atoms with Crippen molar-refractivity contribution in [2.45, 2.75) is 13.8 Å². The normalized spacial score (nSPS) is 11.7. The number of nitrogens with one attached hydrogen (secondary N) is 1. The Morgan fingerprint density at radius 3 is 2.84 bits per heavy atom. The maximum atomic E-state index is 11.4. The Kier molecular flexibility index (Phi) is 5.75. The van der Waals surface area contributed by atoms with Crippen molar-refractivity contribution in [1.82, 2.24) is 0 Å². The first-order chi connectivity index (χ1) is 8.95. The van der Waals surface area contributed by atoms with Crippen molar-refractivity contribution >= 4 is 33.3 Å². The van der Waals surface area contributed by atoms with Gasteiger partial charge in [-0.1, -0.05) is 22.9 Å². The molecule has 1 atom stereocenters. The maximum absolute atomic E-state index is 11.4. The molecule has 0 aromatic heterocycles. The Hall–Kier alpha value is -1.63. The van der Waals surface area contributed by atoms with Crippen LogP contribution in [0.25, 0.3) is 0 Å². The van der Waals surface area contributed by atoms with E-state index in [1.54, 1.807) is 26.0 Å². The second-order valence-corrected chi connectivity index (χ2v) is 4.87. The number of hydrogen-bond donors (Lipinski definition) is 1. The molecule has 0 unspecified atom stereocenters.